The van der Waals surface area contributed by atoms with Crippen molar-refractivity contribution in [3.63, 3.8) is 0 Å². The van der Waals surface area contributed by atoms with Crippen LogP contribution in [0.5, 0.6) is 5.75 Å². The van der Waals surface area contributed by atoms with Crippen LogP contribution in [0.1, 0.15) is 62.5 Å². The van der Waals surface area contributed by atoms with Gasteiger partial charge in [0.2, 0.25) is 29.5 Å². The van der Waals surface area contributed by atoms with E-state index in [1.54, 1.807) is 36.0 Å². The van der Waals surface area contributed by atoms with Gasteiger partial charge in [-0.15, -0.1) is 0 Å². The van der Waals surface area contributed by atoms with Crippen molar-refractivity contribution in [2.45, 2.75) is 94.5 Å². The highest BCUT2D eigenvalue weighted by Crippen LogP contribution is 2.37. The van der Waals surface area contributed by atoms with E-state index in [-0.39, 0.29) is 49.4 Å². The molecule has 4 rings (SSSR count). The van der Waals surface area contributed by atoms with Crippen LogP contribution in [0.25, 0.3) is 0 Å². The molecular formula is C34H47N6O9P. The number of phosphoric acid groups is 1. The number of fused-ring (bicyclic) bond motifs is 1. The molecule has 2 aromatic rings. The molecule has 0 spiro atoms. The smallest absolute Gasteiger partial charge is 0.404 e. The number of nitrogens with one attached hydrogen (secondary N) is 3. The van der Waals surface area contributed by atoms with E-state index in [0.717, 1.165) is 12.0 Å². The Kier molecular flexibility index (Phi) is 13.5. The molecule has 16 heteroatoms. The lowest BCUT2D eigenvalue weighted by Gasteiger charge is -2.36. The molecule has 0 bridgehead atoms. The minimum Gasteiger partial charge on any atom is -0.404 e. The predicted molar refractivity (Wildman–Crippen MR) is 183 cm³/mol. The second-order valence-corrected chi connectivity index (χ2v) is 14.2. The van der Waals surface area contributed by atoms with Crippen molar-refractivity contribution in [1.29, 1.82) is 0 Å². The largest absolute Gasteiger partial charge is 0.524 e. The number of nitrogens with zero attached hydrogens (tertiary/aromatic N) is 2. The number of primary amides is 1. The third kappa shape index (κ3) is 11.1. The van der Waals surface area contributed by atoms with Gasteiger partial charge in [-0.05, 0) is 75.9 Å². The van der Waals surface area contributed by atoms with Gasteiger partial charge in [-0.3, -0.25) is 38.7 Å². The number of likely N-dealkylation sites (N-methyl/N-ethyl adjacent to an activating group) is 1. The maximum absolute atomic E-state index is 14.1. The summed E-state index contributed by atoms with van der Waals surface area (Å²) in [4.78, 5) is 87.7. The molecule has 2 aromatic carbocycles. The molecule has 0 radical (unpaired) electrons. The Hall–Kier alpha value is -4.30. The van der Waals surface area contributed by atoms with E-state index >= 15 is 0 Å². The van der Waals surface area contributed by atoms with Gasteiger partial charge in [0.15, 0.2) is 0 Å². The summed E-state index contributed by atoms with van der Waals surface area (Å²) >= 11 is 0. The Bertz CT molecular complexity index is 1550. The quantitative estimate of drug-likeness (QED) is 0.144. The van der Waals surface area contributed by atoms with Crippen LogP contribution in [0.15, 0.2) is 54.6 Å². The van der Waals surface area contributed by atoms with E-state index in [4.69, 9.17) is 15.5 Å². The predicted octanol–water partition coefficient (Wildman–Crippen LogP) is 1.12. The Labute approximate surface area is 291 Å². The van der Waals surface area contributed by atoms with E-state index in [9.17, 15) is 28.5 Å². The monoisotopic (exact) mass is 714 g/mol. The van der Waals surface area contributed by atoms with Crippen LogP contribution in [-0.2, 0) is 41.5 Å². The molecular weight excluding hydrogens is 667 g/mol. The van der Waals surface area contributed by atoms with E-state index in [0.29, 0.717) is 37.7 Å². The number of nitrogens with two attached hydrogens (primary N) is 1. The molecule has 2 heterocycles. The van der Waals surface area contributed by atoms with Crippen LogP contribution in [0, 0.1) is 0 Å². The average Bonchev–Trinajstić information content (AvgIpc) is 3.48. The first-order valence-electron chi connectivity index (χ1n) is 16.7. The van der Waals surface area contributed by atoms with E-state index in [1.807, 2.05) is 30.3 Å². The molecule has 2 aliphatic rings. The van der Waals surface area contributed by atoms with Gasteiger partial charge >= 0.3 is 7.82 Å². The lowest BCUT2D eigenvalue weighted by molar-refractivity contribution is -0.145. The third-order valence-electron chi connectivity index (χ3n) is 9.08. The molecule has 272 valence electrons. The summed E-state index contributed by atoms with van der Waals surface area (Å²) in [5.74, 6) is -2.35. The highest BCUT2D eigenvalue weighted by molar-refractivity contribution is 7.46. The van der Waals surface area contributed by atoms with Gasteiger partial charge in [-0.25, -0.2) is 4.57 Å². The standard InChI is InChI=1S/C34H47N6O9P/c1-39(2)29(20-22-12-15-25(16-13-22)49-50(46,47)48)33(44)38-27-11-7-6-10-24-14-18-28(40(24)34(27)45)32(43)37-26(17-19-30(35)41)31(42)36-21-23-8-4-3-5-9-23/h3-5,8-9,12-13,15-16,24,26-29H,6-7,10-11,14,17-21H2,1-2H3,(H2,35,41)(H,36,42)(H,37,43)(H,38,44)(H2,46,47,48)/t24?,26-,27-,28-,29-/m0/s1. The van der Waals surface area contributed by atoms with Crippen LogP contribution in [0.3, 0.4) is 0 Å². The molecule has 5 amide bonds. The van der Waals surface area contributed by atoms with Crippen LogP contribution in [0.4, 0.5) is 0 Å². The van der Waals surface area contributed by atoms with Gasteiger partial charge in [0, 0.05) is 19.0 Å². The Morgan fingerprint density at radius 3 is 2.28 bits per heavy atom. The molecule has 5 atom stereocenters. The summed E-state index contributed by atoms with van der Waals surface area (Å²) in [5, 5.41) is 8.51. The van der Waals surface area contributed by atoms with Crippen LogP contribution in [-0.4, -0.2) is 93.4 Å². The molecule has 7 N–H and O–H groups in total. The maximum Gasteiger partial charge on any atom is 0.524 e. The number of benzene rings is 2. The number of carbonyl (C=O) groups is 5. The normalized spacial score (nSPS) is 20.5. The number of phosphoric ester groups is 1. The molecule has 0 aliphatic carbocycles. The van der Waals surface area contributed by atoms with Crippen molar-refractivity contribution in [3.05, 3.63) is 65.7 Å². The van der Waals surface area contributed by atoms with Crippen LogP contribution < -0.4 is 26.2 Å². The second-order valence-electron chi connectivity index (χ2n) is 13.0. The van der Waals surface area contributed by atoms with Crippen molar-refractivity contribution in [2.75, 3.05) is 14.1 Å². The zero-order chi connectivity index (χ0) is 36.4. The maximum atomic E-state index is 14.1. The number of hydrogen-bond donors (Lipinski definition) is 6. The zero-order valence-electron chi connectivity index (χ0n) is 28.3. The van der Waals surface area contributed by atoms with Crippen LogP contribution >= 0.6 is 7.82 Å². The van der Waals surface area contributed by atoms with Crippen molar-refractivity contribution in [1.82, 2.24) is 25.8 Å². The van der Waals surface area contributed by atoms with Gasteiger partial charge in [-0.1, -0.05) is 55.3 Å². The molecule has 2 saturated heterocycles. The molecule has 0 saturated carbocycles. The minimum absolute atomic E-state index is 0.00415. The average molecular weight is 715 g/mol. The van der Waals surface area contributed by atoms with Crippen molar-refractivity contribution >= 4 is 37.4 Å². The summed E-state index contributed by atoms with van der Waals surface area (Å²) in [7, 11) is -1.25. The van der Waals surface area contributed by atoms with Gasteiger partial charge in [0.05, 0.1) is 6.04 Å². The molecule has 0 aromatic heterocycles. The zero-order valence-corrected chi connectivity index (χ0v) is 29.2. The van der Waals surface area contributed by atoms with Crippen molar-refractivity contribution in [2.24, 2.45) is 5.73 Å². The highest BCUT2D eigenvalue weighted by Gasteiger charge is 2.45. The fraction of sp³-hybridized carbons (Fsp3) is 0.500. The summed E-state index contributed by atoms with van der Waals surface area (Å²) < 4.78 is 15.8. The van der Waals surface area contributed by atoms with Crippen molar-refractivity contribution in [3.8, 4) is 5.75 Å². The fourth-order valence-corrected chi connectivity index (χ4v) is 6.88. The van der Waals surface area contributed by atoms with Crippen molar-refractivity contribution < 1.29 is 42.8 Å². The Morgan fingerprint density at radius 1 is 0.960 bits per heavy atom. The summed E-state index contributed by atoms with van der Waals surface area (Å²) in [6.45, 7) is 0.227. The lowest BCUT2D eigenvalue weighted by Crippen LogP contribution is -2.59. The van der Waals surface area contributed by atoms with Gasteiger partial charge in [-0.2, -0.15) is 0 Å². The topological polar surface area (TPSA) is 221 Å². The first kappa shape index (κ1) is 38.5. The first-order valence-corrected chi connectivity index (χ1v) is 18.3. The Balaban J connectivity index is 1.44. The number of rotatable bonds is 15. The van der Waals surface area contributed by atoms with Gasteiger partial charge in [0.1, 0.15) is 23.9 Å². The number of amides is 5. The molecule has 15 nitrogen and oxygen atoms in total. The summed E-state index contributed by atoms with van der Waals surface area (Å²) in [5.41, 5.74) is 6.92. The Morgan fingerprint density at radius 2 is 1.64 bits per heavy atom. The molecule has 2 aliphatic heterocycles. The lowest BCUT2D eigenvalue weighted by atomic mass is 9.98. The van der Waals surface area contributed by atoms with Gasteiger partial charge in [0.25, 0.3) is 0 Å². The fourth-order valence-electron chi connectivity index (χ4n) is 6.48. The highest BCUT2D eigenvalue weighted by atomic mass is 31.2. The SMILES string of the molecule is CN(C)[C@@H](Cc1ccc(OP(=O)(O)O)cc1)C(=O)N[C@H]1CCCCC2CC[C@@H](C(=O)N[C@@H](CCC(N)=O)C(=O)NCc3ccccc3)N2C1=O. The number of hydrogen-bond acceptors (Lipinski definition) is 8. The second kappa shape index (κ2) is 17.6. The first-order chi connectivity index (χ1) is 23.7. The minimum atomic E-state index is -4.71. The molecule has 1 unspecified atom stereocenters. The van der Waals surface area contributed by atoms with E-state index in [1.165, 1.54) is 12.1 Å². The van der Waals surface area contributed by atoms with Gasteiger partial charge < -0.3 is 31.1 Å². The number of carbonyl (C=O) groups excluding carboxylic acids is 5. The summed E-state index contributed by atoms with van der Waals surface area (Å²) in [6.07, 6.45) is 3.72. The third-order valence-corrected chi connectivity index (χ3v) is 9.53. The summed E-state index contributed by atoms with van der Waals surface area (Å²) in [6, 6.07) is 11.6. The molecule has 50 heavy (non-hydrogen) atoms. The van der Waals surface area contributed by atoms with E-state index in [2.05, 4.69) is 20.5 Å². The van der Waals surface area contributed by atoms with E-state index < -0.39 is 49.7 Å². The molecule has 2 fully saturated rings. The van der Waals surface area contributed by atoms with Crippen LogP contribution in [0.2, 0.25) is 0 Å².